The van der Waals surface area contributed by atoms with Crippen LogP contribution >= 0.6 is 11.8 Å². The molecule has 0 unspecified atom stereocenters. The molecule has 0 aliphatic heterocycles. The van der Waals surface area contributed by atoms with E-state index in [1.807, 2.05) is 12.1 Å². The number of benzene rings is 2. The summed E-state index contributed by atoms with van der Waals surface area (Å²) in [5.41, 5.74) is 4.01. The number of hydrogen-bond acceptors (Lipinski definition) is 2. The zero-order valence-corrected chi connectivity index (χ0v) is 11.0. The van der Waals surface area contributed by atoms with Crippen LogP contribution in [0, 0.1) is 0 Å². The summed E-state index contributed by atoms with van der Waals surface area (Å²) in [6.45, 7) is 0.115. The molecule has 0 aromatic heterocycles. The summed E-state index contributed by atoms with van der Waals surface area (Å²) < 4.78 is 0. The largest absolute Gasteiger partial charge is 0.392 e. The lowest BCUT2D eigenvalue weighted by Gasteiger charge is -2.05. The summed E-state index contributed by atoms with van der Waals surface area (Å²) in [6.07, 6.45) is 3.77. The van der Waals surface area contributed by atoms with Crippen molar-refractivity contribution in [2.45, 2.75) is 35.7 Å². The monoisotopic (exact) mass is 256 g/mol. The fraction of sp³-hybridized carbons (Fsp3) is 0.250. The van der Waals surface area contributed by atoms with Gasteiger partial charge in [0.05, 0.1) is 6.61 Å². The highest BCUT2D eigenvalue weighted by Crippen LogP contribution is 2.32. The average molecular weight is 256 g/mol. The molecule has 3 rings (SSSR count). The lowest BCUT2D eigenvalue weighted by atomic mass is 10.1. The molecule has 0 amide bonds. The standard InChI is InChI=1S/C16H16OS/c17-11-12-4-7-15(8-5-12)18-16-9-6-13-2-1-3-14(13)10-16/h4-10,17H,1-3,11H2. The van der Waals surface area contributed by atoms with Crippen molar-refractivity contribution in [1.29, 1.82) is 0 Å². The molecule has 1 aliphatic rings. The molecule has 92 valence electrons. The first-order valence-electron chi connectivity index (χ1n) is 6.34. The van der Waals surface area contributed by atoms with Crippen molar-refractivity contribution in [3.63, 3.8) is 0 Å². The first-order valence-corrected chi connectivity index (χ1v) is 7.16. The summed E-state index contributed by atoms with van der Waals surface area (Å²) in [5.74, 6) is 0. The quantitative estimate of drug-likeness (QED) is 0.901. The number of hydrogen-bond donors (Lipinski definition) is 1. The third-order valence-electron chi connectivity index (χ3n) is 3.41. The van der Waals surface area contributed by atoms with Gasteiger partial charge in [-0.25, -0.2) is 0 Å². The van der Waals surface area contributed by atoms with Crippen molar-refractivity contribution >= 4 is 11.8 Å². The Kier molecular flexibility index (Phi) is 3.39. The van der Waals surface area contributed by atoms with Gasteiger partial charge < -0.3 is 5.11 Å². The summed E-state index contributed by atoms with van der Waals surface area (Å²) >= 11 is 1.79. The van der Waals surface area contributed by atoms with Crippen molar-refractivity contribution in [3.8, 4) is 0 Å². The summed E-state index contributed by atoms with van der Waals surface area (Å²) in [6, 6.07) is 14.9. The Morgan fingerprint density at radius 3 is 2.39 bits per heavy atom. The summed E-state index contributed by atoms with van der Waals surface area (Å²) in [7, 11) is 0. The summed E-state index contributed by atoms with van der Waals surface area (Å²) in [4.78, 5) is 2.54. The Bertz CT molecular complexity index is 546. The minimum atomic E-state index is 0.115. The molecule has 18 heavy (non-hydrogen) atoms. The molecule has 1 nitrogen and oxygen atoms in total. The van der Waals surface area contributed by atoms with Gasteiger partial charge in [0.25, 0.3) is 0 Å². The van der Waals surface area contributed by atoms with Crippen molar-refractivity contribution in [2.75, 3.05) is 0 Å². The van der Waals surface area contributed by atoms with Crippen molar-refractivity contribution in [2.24, 2.45) is 0 Å². The molecule has 0 saturated carbocycles. The molecule has 0 bridgehead atoms. The number of aliphatic hydroxyl groups is 1. The molecular weight excluding hydrogens is 240 g/mol. The van der Waals surface area contributed by atoms with Gasteiger partial charge in [-0.3, -0.25) is 0 Å². The lowest BCUT2D eigenvalue weighted by Crippen LogP contribution is -1.84. The van der Waals surface area contributed by atoms with E-state index >= 15 is 0 Å². The normalized spacial score (nSPS) is 13.6. The van der Waals surface area contributed by atoms with Gasteiger partial charge in [-0.15, -0.1) is 0 Å². The first-order chi connectivity index (χ1) is 8.85. The maximum absolute atomic E-state index is 9.02. The van der Waals surface area contributed by atoms with E-state index in [2.05, 4.69) is 30.3 Å². The molecule has 0 atom stereocenters. The highest BCUT2D eigenvalue weighted by atomic mass is 32.2. The zero-order chi connectivity index (χ0) is 12.4. The van der Waals surface area contributed by atoms with Crippen LogP contribution in [0.1, 0.15) is 23.1 Å². The Morgan fingerprint density at radius 2 is 1.61 bits per heavy atom. The van der Waals surface area contributed by atoms with Crippen LogP contribution in [0.5, 0.6) is 0 Å². The van der Waals surface area contributed by atoms with Gasteiger partial charge in [-0.2, -0.15) is 0 Å². The van der Waals surface area contributed by atoms with Crippen LogP contribution in [0.15, 0.2) is 52.3 Å². The third kappa shape index (κ3) is 2.45. The Morgan fingerprint density at radius 1 is 0.889 bits per heavy atom. The van der Waals surface area contributed by atoms with Crippen molar-refractivity contribution < 1.29 is 5.11 Å². The van der Waals surface area contributed by atoms with Gasteiger partial charge in [-0.1, -0.05) is 30.0 Å². The number of aliphatic hydroxyl groups excluding tert-OH is 1. The Labute approximate surface area is 112 Å². The van der Waals surface area contributed by atoms with Crippen LogP contribution in [0.3, 0.4) is 0 Å². The maximum atomic E-state index is 9.02. The number of fused-ring (bicyclic) bond motifs is 1. The van der Waals surface area contributed by atoms with Crippen molar-refractivity contribution in [3.05, 3.63) is 59.2 Å². The second-order valence-corrected chi connectivity index (χ2v) is 5.84. The van der Waals surface area contributed by atoms with Gasteiger partial charge in [0, 0.05) is 9.79 Å². The average Bonchev–Trinajstić information content (AvgIpc) is 2.87. The molecule has 1 aliphatic carbocycles. The second kappa shape index (κ2) is 5.17. The second-order valence-electron chi connectivity index (χ2n) is 4.69. The van der Waals surface area contributed by atoms with E-state index in [1.165, 1.54) is 40.2 Å². The topological polar surface area (TPSA) is 20.2 Å². The molecular formula is C16H16OS. The molecule has 0 heterocycles. The van der Waals surface area contributed by atoms with E-state index < -0.39 is 0 Å². The van der Waals surface area contributed by atoms with E-state index in [-0.39, 0.29) is 6.61 Å². The molecule has 2 aromatic carbocycles. The van der Waals surface area contributed by atoms with Crippen LogP contribution < -0.4 is 0 Å². The molecule has 2 heteroatoms. The zero-order valence-electron chi connectivity index (χ0n) is 10.2. The molecule has 0 fully saturated rings. The SMILES string of the molecule is OCc1ccc(Sc2ccc3c(c2)CCC3)cc1. The highest BCUT2D eigenvalue weighted by Gasteiger charge is 2.11. The lowest BCUT2D eigenvalue weighted by molar-refractivity contribution is 0.282. The van der Waals surface area contributed by atoms with E-state index in [4.69, 9.17) is 5.11 Å². The van der Waals surface area contributed by atoms with Crippen LogP contribution in [0.25, 0.3) is 0 Å². The van der Waals surface area contributed by atoms with Gasteiger partial charge in [0.2, 0.25) is 0 Å². The van der Waals surface area contributed by atoms with E-state index in [0.29, 0.717) is 0 Å². The van der Waals surface area contributed by atoms with E-state index in [1.54, 1.807) is 11.8 Å². The number of aryl methyl sites for hydroxylation is 2. The Balaban J connectivity index is 1.79. The molecule has 0 saturated heterocycles. The minimum absolute atomic E-state index is 0.115. The smallest absolute Gasteiger partial charge is 0.0681 e. The van der Waals surface area contributed by atoms with Crippen LogP contribution in [0.2, 0.25) is 0 Å². The van der Waals surface area contributed by atoms with Crippen molar-refractivity contribution in [1.82, 2.24) is 0 Å². The number of rotatable bonds is 3. The predicted molar refractivity (Wildman–Crippen MR) is 75.0 cm³/mol. The first kappa shape index (κ1) is 11.8. The minimum Gasteiger partial charge on any atom is -0.392 e. The molecule has 0 spiro atoms. The fourth-order valence-corrected chi connectivity index (χ4v) is 3.29. The Hall–Kier alpha value is -1.25. The van der Waals surface area contributed by atoms with Gasteiger partial charge >= 0.3 is 0 Å². The molecule has 2 aromatic rings. The third-order valence-corrected chi connectivity index (χ3v) is 4.41. The summed E-state index contributed by atoms with van der Waals surface area (Å²) in [5, 5.41) is 9.02. The predicted octanol–water partition coefficient (Wildman–Crippen LogP) is 3.82. The molecule has 1 N–H and O–H groups in total. The van der Waals surface area contributed by atoms with Gasteiger partial charge in [0.15, 0.2) is 0 Å². The van der Waals surface area contributed by atoms with E-state index in [0.717, 1.165) is 5.56 Å². The fourth-order valence-electron chi connectivity index (χ4n) is 2.41. The highest BCUT2D eigenvalue weighted by molar-refractivity contribution is 7.99. The van der Waals surface area contributed by atoms with Gasteiger partial charge in [0.1, 0.15) is 0 Å². The van der Waals surface area contributed by atoms with E-state index in [9.17, 15) is 0 Å². The van der Waals surface area contributed by atoms with Crippen LogP contribution in [-0.4, -0.2) is 5.11 Å². The molecule has 0 radical (unpaired) electrons. The van der Waals surface area contributed by atoms with Crippen LogP contribution in [-0.2, 0) is 19.4 Å². The van der Waals surface area contributed by atoms with Crippen LogP contribution in [0.4, 0.5) is 0 Å². The maximum Gasteiger partial charge on any atom is 0.0681 e. The van der Waals surface area contributed by atoms with Gasteiger partial charge in [-0.05, 0) is 60.2 Å².